The number of hydrogen-bond acceptors (Lipinski definition) is 2. The van der Waals surface area contributed by atoms with Gasteiger partial charge in [0.15, 0.2) is 0 Å². The number of hydrogen-bond donors (Lipinski definition) is 2. The van der Waals surface area contributed by atoms with E-state index in [1.54, 1.807) is 18.2 Å². The molecule has 1 aromatic carbocycles. The number of rotatable bonds is 6. The Kier molecular flexibility index (Phi) is 4.68. The molecule has 1 aliphatic rings. The highest BCUT2D eigenvalue weighted by molar-refractivity contribution is 5.91. The standard InChI is InChI=1S/C15H18FNO2/c16-13-3-1-2-11(10-13)4-7-15(19)17-14(8-9-18)12-5-6-12/h1-4,7,10,12,14,18H,5-6,8-9H2,(H,17,19)/b7-4+. The molecule has 1 atom stereocenters. The van der Waals surface area contributed by atoms with Crippen molar-refractivity contribution in [2.75, 3.05) is 6.61 Å². The number of aliphatic hydroxyl groups excluding tert-OH is 1. The minimum atomic E-state index is -0.321. The summed E-state index contributed by atoms with van der Waals surface area (Å²) in [4.78, 5) is 11.7. The number of carbonyl (C=O) groups excluding carboxylic acids is 1. The maximum atomic E-state index is 13.0. The van der Waals surface area contributed by atoms with Gasteiger partial charge in [-0.2, -0.15) is 0 Å². The van der Waals surface area contributed by atoms with Crippen molar-refractivity contribution in [2.45, 2.75) is 25.3 Å². The van der Waals surface area contributed by atoms with Crippen molar-refractivity contribution < 1.29 is 14.3 Å². The van der Waals surface area contributed by atoms with Gasteiger partial charge in [0, 0.05) is 18.7 Å². The summed E-state index contributed by atoms with van der Waals surface area (Å²) in [5.41, 5.74) is 0.653. The summed E-state index contributed by atoms with van der Waals surface area (Å²) >= 11 is 0. The second kappa shape index (κ2) is 6.48. The van der Waals surface area contributed by atoms with Crippen molar-refractivity contribution in [3.05, 3.63) is 41.7 Å². The molecule has 1 fully saturated rings. The lowest BCUT2D eigenvalue weighted by atomic mass is 10.1. The smallest absolute Gasteiger partial charge is 0.244 e. The summed E-state index contributed by atoms with van der Waals surface area (Å²) in [6.45, 7) is 0.0784. The van der Waals surface area contributed by atoms with E-state index in [-0.39, 0.29) is 24.4 Å². The van der Waals surface area contributed by atoms with Gasteiger partial charge in [-0.05, 0) is 49.0 Å². The lowest BCUT2D eigenvalue weighted by molar-refractivity contribution is -0.117. The van der Waals surface area contributed by atoms with Gasteiger partial charge in [-0.15, -0.1) is 0 Å². The first kappa shape index (κ1) is 13.7. The van der Waals surface area contributed by atoms with Gasteiger partial charge >= 0.3 is 0 Å². The van der Waals surface area contributed by atoms with Gasteiger partial charge in [-0.1, -0.05) is 12.1 Å². The van der Waals surface area contributed by atoms with E-state index in [0.29, 0.717) is 17.9 Å². The number of amides is 1. The molecule has 1 saturated carbocycles. The minimum absolute atomic E-state index is 0.0506. The fourth-order valence-corrected chi connectivity index (χ4v) is 2.08. The Bertz CT molecular complexity index is 469. The molecular formula is C15H18FNO2. The summed E-state index contributed by atoms with van der Waals surface area (Å²) in [6, 6.07) is 6.12. The second-order valence-corrected chi connectivity index (χ2v) is 4.85. The number of nitrogens with one attached hydrogen (secondary N) is 1. The molecule has 0 aliphatic heterocycles. The largest absolute Gasteiger partial charge is 0.396 e. The Morgan fingerprint density at radius 2 is 2.32 bits per heavy atom. The van der Waals surface area contributed by atoms with E-state index in [1.165, 1.54) is 18.2 Å². The monoisotopic (exact) mass is 263 g/mol. The average Bonchev–Trinajstić information content (AvgIpc) is 3.20. The van der Waals surface area contributed by atoms with Crippen molar-refractivity contribution in [1.29, 1.82) is 0 Å². The zero-order valence-corrected chi connectivity index (χ0v) is 10.7. The molecule has 2 rings (SSSR count). The van der Waals surface area contributed by atoms with Gasteiger partial charge in [0.2, 0.25) is 5.91 Å². The molecule has 0 radical (unpaired) electrons. The maximum Gasteiger partial charge on any atom is 0.244 e. The number of benzene rings is 1. The van der Waals surface area contributed by atoms with Gasteiger partial charge in [0.1, 0.15) is 5.82 Å². The molecule has 0 saturated heterocycles. The topological polar surface area (TPSA) is 49.3 Å². The Hall–Kier alpha value is -1.68. The Labute approximate surface area is 112 Å². The van der Waals surface area contributed by atoms with Crippen molar-refractivity contribution >= 4 is 12.0 Å². The van der Waals surface area contributed by atoms with Gasteiger partial charge in [0.25, 0.3) is 0 Å². The third-order valence-electron chi connectivity index (χ3n) is 3.23. The van der Waals surface area contributed by atoms with Gasteiger partial charge in [-0.3, -0.25) is 4.79 Å². The summed E-state index contributed by atoms with van der Waals surface area (Å²) < 4.78 is 13.0. The van der Waals surface area contributed by atoms with Crippen LogP contribution in [0.1, 0.15) is 24.8 Å². The molecular weight excluding hydrogens is 245 g/mol. The summed E-state index contributed by atoms with van der Waals surface area (Å²) in [5, 5.41) is 11.8. The summed E-state index contributed by atoms with van der Waals surface area (Å²) in [5.74, 6) is -0.0213. The molecule has 0 heterocycles. The van der Waals surface area contributed by atoms with Crippen molar-refractivity contribution in [1.82, 2.24) is 5.32 Å². The molecule has 2 N–H and O–H groups in total. The van der Waals surface area contributed by atoms with Crippen LogP contribution >= 0.6 is 0 Å². The Morgan fingerprint density at radius 1 is 1.53 bits per heavy atom. The molecule has 0 spiro atoms. The molecule has 19 heavy (non-hydrogen) atoms. The number of aliphatic hydroxyl groups is 1. The van der Waals surface area contributed by atoms with Crippen LogP contribution in [0.3, 0.4) is 0 Å². The predicted octanol–water partition coefficient (Wildman–Crippen LogP) is 2.12. The van der Waals surface area contributed by atoms with Crippen LogP contribution in [-0.4, -0.2) is 23.7 Å². The zero-order chi connectivity index (χ0) is 13.7. The third kappa shape index (κ3) is 4.48. The van der Waals surface area contributed by atoms with Crippen molar-refractivity contribution in [3.8, 4) is 0 Å². The highest BCUT2D eigenvalue weighted by atomic mass is 19.1. The molecule has 102 valence electrons. The van der Waals surface area contributed by atoms with Crippen molar-refractivity contribution in [2.24, 2.45) is 5.92 Å². The van der Waals surface area contributed by atoms with Crippen LogP contribution in [0.4, 0.5) is 4.39 Å². The first-order valence-electron chi connectivity index (χ1n) is 6.54. The number of carbonyl (C=O) groups is 1. The van der Waals surface area contributed by atoms with Crippen LogP contribution in [0.5, 0.6) is 0 Å². The molecule has 1 amide bonds. The van der Waals surface area contributed by atoms with Crippen LogP contribution in [-0.2, 0) is 4.79 Å². The fraction of sp³-hybridized carbons (Fsp3) is 0.400. The van der Waals surface area contributed by atoms with Crippen LogP contribution < -0.4 is 5.32 Å². The maximum absolute atomic E-state index is 13.0. The lowest BCUT2D eigenvalue weighted by Gasteiger charge is -2.15. The van der Waals surface area contributed by atoms with Gasteiger partial charge < -0.3 is 10.4 Å². The van der Waals surface area contributed by atoms with E-state index in [4.69, 9.17) is 5.11 Å². The highest BCUT2D eigenvalue weighted by Gasteiger charge is 2.31. The van der Waals surface area contributed by atoms with Gasteiger partial charge in [0.05, 0.1) is 0 Å². The van der Waals surface area contributed by atoms with Crippen molar-refractivity contribution in [3.63, 3.8) is 0 Å². The predicted molar refractivity (Wildman–Crippen MR) is 71.8 cm³/mol. The molecule has 4 heteroatoms. The molecule has 1 unspecified atom stereocenters. The van der Waals surface area contributed by atoms with E-state index in [0.717, 1.165) is 12.8 Å². The van der Waals surface area contributed by atoms with Crippen LogP contribution in [0.25, 0.3) is 6.08 Å². The molecule has 3 nitrogen and oxygen atoms in total. The molecule has 0 bridgehead atoms. The van der Waals surface area contributed by atoms with E-state index in [2.05, 4.69) is 5.32 Å². The van der Waals surface area contributed by atoms with E-state index in [9.17, 15) is 9.18 Å². The first-order valence-corrected chi connectivity index (χ1v) is 6.54. The second-order valence-electron chi connectivity index (χ2n) is 4.85. The lowest BCUT2D eigenvalue weighted by Crippen LogP contribution is -2.36. The van der Waals surface area contributed by atoms with E-state index < -0.39 is 0 Å². The molecule has 0 aromatic heterocycles. The highest BCUT2D eigenvalue weighted by Crippen LogP contribution is 2.33. The summed E-state index contributed by atoms with van der Waals surface area (Å²) in [7, 11) is 0. The first-order chi connectivity index (χ1) is 9.19. The minimum Gasteiger partial charge on any atom is -0.396 e. The van der Waals surface area contributed by atoms with E-state index >= 15 is 0 Å². The Balaban J connectivity index is 1.89. The summed E-state index contributed by atoms with van der Waals surface area (Å²) in [6.07, 6.45) is 5.80. The molecule has 1 aliphatic carbocycles. The van der Waals surface area contributed by atoms with Crippen LogP contribution in [0.15, 0.2) is 30.3 Å². The molecule has 1 aromatic rings. The zero-order valence-electron chi connectivity index (χ0n) is 10.7. The quantitative estimate of drug-likeness (QED) is 0.772. The Morgan fingerprint density at radius 3 is 2.95 bits per heavy atom. The third-order valence-corrected chi connectivity index (χ3v) is 3.23. The van der Waals surface area contributed by atoms with Gasteiger partial charge in [-0.25, -0.2) is 4.39 Å². The SMILES string of the molecule is O=C(/C=C/c1cccc(F)c1)NC(CCO)C1CC1. The van der Waals surface area contributed by atoms with E-state index in [1.807, 2.05) is 0 Å². The average molecular weight is 263 g/mol. The van der Waals surface area contributed by atoms with Crippen LogP contribution in [0.2, 0.25) is 0 Å². The normalized spacial score (nSPS) is 16.5. The number of halogens is 1. The van der Waals surface area contributed by atoms with Crippen LogP contribution in [0, 0.1) is 11.7 Å². The fourth-order valence-electron chi connectivity index (χ4n) is 2.08.